The molecular weight excluding hydrogens is 431 g/mol. The second-order valence-electron chi connectivity index (χ2n) is 7.79. The van der Waals surface area contributed by atoms with Crippen molar-refractivity contribution in [2.45, 2.75) is 53.8 Å². The zero-order chi connectivity index (χ0) is 24.1. The van der Waals surface area contributed by atoms with Crippen LogP contribution in [0, 0.1) is 13.8 Å². The predicted octanol–water partition coefficient (Wildman–Crippen LogP) is 5.87. The Bertz CT molecular complexity index is 981. The first kappa shape index (κ1) is 25.7. The van der Waals surface area contributed by atoms with Crippen molar-refractivity contribution in [2.24, 2.45) is 0 Å². The standard InChI is InChI=1S/C23H33N2O6P/c1-14(2)30-32(27,31-15(3)4)22(13-24-19-10-9-16(5)25-17(19)6)18-11-20(28-7)23(26)21(12-18)29-8/h9-15,24,26H,1-8H3/b22-13+. The van der Waals surface area contributed by atoms with Gasteiger partial charge < -0.3 is 28.9 Å². The lowest BCUT2D eigenvalue weighted by Crippen LogP contribution is -2.10. The number of aromatic nitrogens is 1. The van der Waals surface area contributed by atoms with Gasteiger partial charge in [0.1, 0.15) is 0 Å². The van der Waals surface area contributed by atoms with Gasteiger partial charge >= 0.3 is 7.60 Å². The topological polar surface area (TPSA) is 99.1 Å². The van der Waals surface area contributed by atoms with Crippen LogP contribution in [0.15, 0.2) is 30.5 Å². The number of nitrogens with zero attached hydrogens (tertiary/aromatic N) is 1. The van der Waals surface area contributed by atoms with Gasteiger partial charge in [0, 0.05) is 11.9 Å². The second-order valence-corrected chi connectivity index (χ2v) is 9.69. The Kier molecular flexibility index (Phi) is 8.73. The minimum absolute atomic E-state index is 0.158. The van der Waals surface area contributed by atoms with Gasteiger partial charge in [0.25, 0.3) is 0 Å². The molecule has 2 N–H and O–H groups in total. The van der Waals surface area contributed by atoms with Crippen LogP contribution in [-0.2, 0) is 13.6 Å². The second kappa shape index (κ2) is 10.9. The van der Waals surface area contributed by atoms with Crippen molar-refractivity contribution in [1.29, 1.82) is 0 Å². The molecule has 1 aromatic carbocycles. The smallest absolute Gasteiger partial charge is 0.363 e. The highest BCUT2D eigenvalue weighted by Gasteiger charge is 2.35. The van der Waals surface area contributed by atoms with E-state index in [1.807, 2.05) is 26.0 Å². The van der Waals surface area contributed by atoms with Crippen molar-refractivity contribution >= 4 is 18.6 Å². The highest BCUT2D eigenvalue weighted by molar-refractivity contribution is 7.65. The molecule has 0 aliphatic carbocycles. The van der Waals surface area contributed by atoms with Crippen molar-refractivity contribution < 1.29 is 28.2 Å². The van der Waals surface area contributed by atoms with Crippen LogP contribution in [0.2, 0.25) is 0 Å². The summed E-state index contributed by atoms with van der Waals surface area (Å²) >= 11 is 0. The van der Waals surface area contributed by atoms with E-state index in [0.29, 0.717) is 5.56 Å². The summed E-state index contributed by atoms with van der Waals surface area (Å²) < 4.78 is 36.3. The summed E-state index contributed by atoms with van der Waals surface area (Å²) in [5.74, 6) is 0.173. The molecule has 1 aromatic heterocycles. The Morgan fingerprint density at radius 3 is 2.00 bits per heavy atom. The third kappa shape index (κ3) is 6.25. The van der Waals surface area contributed by atoms with Crippen molar-refractivity contribution in [3.8, 4) is 17.2 Å². The van der Waals surface area contributed by atoms with E-state index in [4.69, 9.17) is 18.5 Å². The Morgan fingerprint density at radius 1 is 1.03 bits per heavy atom. The van der Waals surface area contributed by atoms with Crippen LogP contribution in [0.5, 0.6) is 17.2 Å². The van der Waals surface area contributed by atoms with E-state index in [1.54, 1.807) is 46.0 Å². The number of ether oxygens (including phenoxy) is 2. The average Bonchev–Trinajstić information content (AvgIpc) is 2.68. The fraction of sp³-hybridized carbons (Fsp3) is 0.435. The number of methoxy groups -OCH3 is 2. The van der Waals surface area contributed by atoms with Crippen LogP contribution in [0.1, 0.15) is 44.6 Å². The van der Waals surface area contributed by atoms with E-state index < -0.39 is 7.60 Å². The van der Waals surface area contributed by atoms with E-state index in [1.165, 1.54) is 14.2 Å². The van der Waals surface area contributed by atoms with E-state index in [2.05, 4.69) is 10.3 Å². The fourth-order valence-corrected chi connectivity index (χ4v) is 5.10. The van der Waals surface area contributed by atoms with E-state index in [-0.39, 0.29) is 34.8 Å². The summed E-state index contributed by atoms with van der Waals surface area (Å²) in [6.45, 7) is 10.9. The number of pyridine rings is 1. The Labute approximate surface area is 190 Å². The minimum atomic E-state index is -3.82. The summed E-state index contributed by atoms with van der Waals surface area (Å²) in [6.07, 6.45) is 0.842. The molecule has 2 aromatic rings. The monoisotopic (exact) mass is 464 g/mol. The van der Waals surface area contributed by atoms with Gasteiger partial charge in [-0.25, -0.2) is 0 Å². The van der Waals surface area contributed by atoms with E-state index in [9.17, 15) is 9.67 Å². The zero-order valence-corrected chi connectivity index (χ0v) is 20.8. The van der Waals surface area contributed by atoms with Crippen LogP contribution in [0.25, 0.3) is 5.31 Å². The summed E-state index contributed by atoms with van der Waals surface area (Å²) in [4.78, 5) is 4.45. The molecule has 0 aliphatic heterocycles. The van der Waals surface area contributed by atoms with Crippen LogP contribution in [-0.4, -0.2) is 36.5 Å². The maximum Gasteiger partial charge on any atom is 0.363 e. The molecular formula is C23H33N2O6P. The van der Waals surface area contributed by atoms with Gasteiger partial charge in [-0.2, -0.15) is 0 Å². The Balaban J connectivity index is 2.72. The van der Waals surface area contributed by atoms with Crippen molar-refractivity contribution in [3.05, 3.63) is 47.4 Å². The third-order valence-electron chi connectivity index (χ3n) is 4.36. The normalized spacial score (nSPS) is 12.4. The Hall–Kier alpha value is -2.54. The molecule has 0 saturated carbocycles. The molecule has 32 heavy (non-hydrogen) atoms. The first-order chi connectivity index (χ1) is 15.0. The fourth-order valence-electron chi connectivity index (χ4n) is 3.04. The van der Waals surface area contributed by atoms with Crippen molar-refractivity contribution in [1.82, 2.24) is 4.98 Å². The van der Waals surface area contributed by atoms with Gasteiger partial charge in [0.05, 0.1) is 43.1 Å². The largest absolute Gasteiger partial charge is 0.502 e. The maximum atomic E-state index is 14.1. The lowest BCUT2D eigenvalue weighted by atomic mass is 10.1. The van der Waals surface area contributed by atoms with Gasteiger partial charge in [-0.1, -0.05) is 0 Å². The molecule has 176 valence electrons. The summed E-state index contributed by atoms with van der Waals surface area (Å²) in [5.41, 5.74) is 2.87. The van der Waals surface area contributed by atoms with E-state index >= 15 is 0 Å². The lowest BCUT2D eigenvalue weighted by Gasteiger charge is -2.26. The first-order valence-corrected chi connectivity index (χ1v) is 11.9. The molecule has 8 nitrogen and oxygen atoms in total. The van der Waals surface area contributed by atoms with Gasteiger partial charge in [-0.3, -0.25) is 9.55 Å². The van der Waals surface area contributed by atoms with Gasteiger partial charge in [-0.05, 0) is 71.4 Å². The average molecular weight is 464 g/mol. The number of hydrogen-bond acceptors (Lipinski definition) is 8. The van der Waals surface area contributed by atoms with Gasteiger partial charge in [-0.15, -0.1) is 0 Å². The number of phenols is 1. The number of hydrogen-bond donors (Lipinski definition) is 2. The zero-order valence-electron chi connectivity index (χ0n) is 19.9. The summed E-state index contributed by atoms with van der Waals surface area (Å²) in [7, 11) is -0.962. The molecule has 9 heteroatoms. The number of phenolic OH excluding ortho intramolecular Hbond substituents is 1. The first-order valence-electron chi connectivity index (χ1n) is 10.3. The molecule has 0 amide bonds. The van der Waals surface area contributed by atoms with Crippen molar-refractivity contribution in [2.75, 3.05) is 19.5 Å². The number of benzene rings is 1. The number of aryl methyl sites for hydroxylation is 2. The molecule has 0 saturated heterocycles. The summed E-state index contributed by atoms with van der Waals surface area (Å²) in [5, 5.41) is 13.8. The van der Waals surface area contributed by atoms with Crippen LogP contribution < -0.4 is 14.8 Å². The quantitative estimate of drug-likeness (QED) is 0.421. The molecule has 1 heterocycles. The third-order valence-corrected chi connectivity index (χ3v) is 6.73. The molecule has 0 fully saturated rings. The SMILES string of the molecule is COc1cc(/C(=C\Nc2ccc(C)nc2C)P(=O)(OC(C)C)OC(C)C)cc(OC)c1O. The molecule has 0 bridgehead atoms. The molecule has 0 spiro atoms. The molecule has 0 radical (unpaired) electrons. The lowest BCUT2D eigenvalue weighted by molar-refractivity contribution is 0.150. The number of aromatic hydroxyl groups is 1. The maximum absolute atomic E-state index is 14.1. The molecule has 2 rings (SSSR count). The van der Waals surface area contributed by atoms with Gasteiger partial charge in [0.2, 0.25) is 5.75 Å². The van der Waals surface area contributed by atoms with Crippen LogP contribution >= 0.6 is 7.60 Å². The van der Waals surface area contributed by atoms with E-state index in [0.717, 1.165) is 17.1 Å². The molecule has 0 unspecified atom stereocenters. The number of nitrogens with one attached hydrogen (secondary N) is 1. The van der Waals surface area contributed by atoms with Crippen LogP contribution in [0.3, 0.4) is 0 Å². The van der Waals surface area contributed by atoms with Crippen molar-refractivity contribution in [3.63, 3.8) is 0 Å². The highest BCUT2D eigenvalue weighted by Crippen LogP contribution is 2.63. The Morgan fingerprint density at radius 2 is 1.56 bits per heavy atom. The number of rotatable bonds is 10. The van der Waals surface area contributed by atoms with Crippen LogP contribution in [0.4, 0.5) is 5.69 Å². The highest BCUT2D eigenvalue weighted by atomic mass is 31.2. The van der Waals surface area contributed by atoms with Gasteiger partial charge in [0.15, 0.2) is 11.5 Å². The minimum Gasteiger partial charge on any atom is -0.502 e. The molecule has 0 aliphatic rings. The number of anilines is 1. The predicted molar refractivity (Wildman–Crippen MR) is 127 cm³/mol. The summed E-state index contributed by atoms with van der Waals surface area (Å²) in [6, 6.07) is 6.89. The molecule has 0 atom stereocenters.